The van der Waals surface area contributed by atoms with Gasteiger partial charge >= 0.3 is 0 Å². The molecule has 1 unspecified atom stereocenters. The number of anilines is 1. The van der Waals surface area contributed by atoms with Crippen LogP contribution >= 0.6 is 0 Å². The summed E-state index contributed by atoms with van der Waals surface area (Å²) in [7, 11) is 2.17. The molecule has 0 spiro atoms. The van der Waals surface area contributed by atoms with Crippen LogP contribution in [0.5, 0.6) is 0 Å². The Bertz CT molecular complexity index is 847. The van der Waals surface area contributed by atoms with Crippen LogP contribution in [0.4, 0.5) is 5.69 Å². The highest BCUT2D eigenvalue weighted by Gasteiger charge is 2.19. The van der Waals surface area contributed by atoms with Crippen molar-refractivity contribution in [2.24, 2.45) is 0 Å². The number of rotatable bonds is 9. The summed E-state index contributed by atoms with van der Waals surface area (Å²) in [5, 5.41) is 5.98. The van der Waals surface area contributed by atoms with Gasteiger partial charge in [-0.1, -0.05) is 67.8 Å². The minimum atomic E-state index is -0.129. The molecule has 1 fully saturated rings. The summed E-state index contributed by atoms with van der Waals surface area (Å²) in [6, 6.07) is 18.3. The Balaban J connectivity index is 1.48. The fraction of sp³-hybridized carbons (Fsp3) is 0.462. The zero-order chi connectivity index (χ0) is 22.1. The molecule has 1 aliphatic rings. The molecule has 0 heterocycles. The van der Waals surface area contributed by atoms with Gasteiger partial charge in [0.2, 0.25) is 11.8 Å². The third kappa shape index (κ3) is 7.21. The number of para-hydroxylation sites is 1. The molecule has 166 valence electrons. The average molecular weight is 422 g/mol. The molecule has 0 aliphatic heterocycles. The van der Waals surface area contributed by atoms with Gasteiger partial charge in [-0.2, -0.15) is 0 Å². The van der Waals surface area contributed by atoms with Crippen LogP contribution in [0.2, 0.25) is 0 Å². The predicted octanol–water partition coefficient (Wildman–Crippen LogP) is 5.05. The smallest absolute Gasteiger partial charge is 0.224 e. The quantitative estimate of drug-likeness (QED) is 0.596. The second-order valence-electron chi connectivity index (χ2n) is 8.61. The van der Waals surface area contributed by atoms with E-state index in [9.17, 15) is 9.59 Å². The molecule has 0 saturated heterocycles. The molecule has 1 saturated carbocycles. The van der Waals surface area contributed by atoms with E-state index in [0.717, 1.165) is 23.4 Å². The first-order valence-electron chi connectivity index (χ1n) is 11.4. The maximum atomic E-state index is 12.5. The minimum Gasteiger partial charge on any atom is -0.350 e. The SMILES string of the molecule is CC(NC(=O)CCC(=O)Nc1ccccc1CN(C)C1CCCCC1)c1ccccc1. The third-order valence-corrected chi connectivity index (χ3v) is 6.17. The van der Waals surface area contributed by atoms with Gasteiger partial charge in [-0.3, -0.25) is 14.5 Å². The van der Waals surface area contributed by atoms with Gasteiger partial charge in [0.25, 0.3) is 0 Å². The van der Waals surface area contributed by atoms with E-state index in [1.165, 1.54) is 32.1 Å². The van der Waals surface area contributed by atoms with Crippen LogP contribution in [0, 0.1) is 0 Å². The summed E-state index contributed by atoms with van der Waals surface area (Å²) < 4.78 is 0. The lowest BCUT2D eigenvalue weighted by atomic mass is 9.94. The Labute approximate surface area is 186 Å². The lowest BCUT2D eigenvalue weighted by molar-refractivity contribution is -0.124. The number of amides is 2. The molecule has 5 heteroatoms. The van der Waals surface area contributed by atoms with Crippen molar-refractivity contribution in [1.29, 1.82) is 0 Å². The standard InChI is InChI=1S/C26H35N3O2/c1-20(21-11-5-3-6-12-21)27-25(30)17-18-26(31)28-24-16-10-9-13-22(24)19-29(2)23-14-7-4-8-15-23/h3,5-6,9-13,16,20,23H,4,7-8,14-15,17-19H2,1-2H3,(H,27,30)(H,28,31). The lowest BCUT2D eigenvalue weighted by Gasteiger charge is -2.31. The van der Waals surface area contributed by atoms with Crippen LogP contribution in [0.25, 0.3) is 0 Å². The van der Waals surface area contributed by atoms with Gasteiger partial charge in [-0.05, 0) is 44.0 Å². The van der Waals surface area contributed by atoms with E-state index in [2.05, 4.69) is 28.6 Å². The van der Waals surface area contributed by atoms with Crippen molar-refractivity contribution < 1.29 is 9.59 Å². The Morgan fingerprint density at radius 3 is 2.32 bits per heavy atom. The van der Waals surface area contributed by atoms with Crippen LogP contribution in [-0.4, -0.2) is 29.8 Å². The fourth-order valence-electron chi connectivity index (χ4n) is 4.28. The van der Waals surface area contributed by atoms with Crippen LogP contribution < -0.4 is 10.6 Å². The fourth-order valence-corrected chi connectivity index (χ4v) is 4.28. The van der Waals surface area contributed by atoms with Crippen molar-refractivity contribution in [2.75, 3.05) is 12.4 Å². The highest BCUT2D eigenvalue weighted by atomic mass is 16.2. The number of hydrogen-bond donors (Lipinski definition) is 2. The first-order valence-corrected chi connectivity index (χ1v) is 11.4. The molecule has 3 rings (SSSR count). The van der Waals surface area contributed by atoms with Crippen LogP contribution in [0.3, 0.4) is 0 Å². The Morgan fingerprint density at radius 2 is 1.58 bits per heavy atom. The van der Waals surface area contributed by atoms with E-state index in [1.54, 1.807) is 0 Å². The zero-order valence-electron chi connectivity index (χ0n) is 18.8. The molecule has 0 radical (unpaired) electrons. The molecule has 5 nitrogen and oxygen atoms in total. The molecular weight excluding hydrogens is 386 g/mol. The van der Waals surface area contributed by atoms with E-state index < -0.39 is 0 Å². The first kappa shape index (κ1) is 23.0. The number of hydrogen-bond acceptors (Lipinski definition) is 3. The van der Waals surface area contributed by atoms with Crippen LogP contribution in [0.1, 0.15) is 69.0 Å². The molecule has 1 aliphatic carbocycles. The molecule has 0 bridgehead atoms. The number of benzene rings is 2. The van der Waals surface area contributed by atoms with Gasteiger partial charge in [0.15, 0.2) is 0 Å². The summed E-state index contributed by atoms with van der Waals surface area (Å²) in [4.78, 5) is 27.2. The van der Waals surface area contributed by atoms with E-state index in [0.29, 0.717) is 6.04 Å². The second-order valence-corrected chi connectivity index (χ2v) is 8.61. The summed E-state index contributed by atoms with van der Waals surface area (Å²) in [5.74, 6) is -0.243. The van der Waals surface area contributed by atoms with Gasteiger partial charge in [-0.15, -0.1) is 0 Å². The average Bonchev–Trinajstić information content (AvgIpc) is 2.80. The first-order chi connectivity index (χ1) is 15.0. The topological polar surface area (TPSA) is 61.4 Å². The Hall–Kier alpha value is -2.66. The molecule has 0 aromatic heterocycles. The second kappa shape index (κ2) is 11.7. The van der Waals surface area contributed by atoms with Gasteiger partial charge in [0, 0.05) is 31.1 Å². The normalized spacial score (nSPS) is 15.5. The predicted molar refractivity (Wildman–Crippen MR) is 126 cm³/mol. The largest absolute Gasteiger partial charge is 0.350 e. The van der Waals surface area contributed by atoms with Crippen molar-refractivity contribution in [2.45, 2.75) is 70.5 Å². The van der Waals surface area contributed by atoms with Crippen molar-refractivity contribution >= 4 is 17.5 Å². The van der Waals surface area contributed by atoms with E-state index in [4.69, 9.17) is 0 Å². The molecule has 2 aromatic rings. The van der Waals surface area contributed by atoms with E-state index >= 15 is 0 Å². The van der Waals surface area contributed by atoms with Gasteiger partial charge in [-0.25, -0.2) is 0 Å². The zero-order valence-corrected chi connectivity index (χ0v) is 18.8. The van der Waals surface area contributed by atoms with Gasteiger partial charge < -0.3 is 10.6 Å². The number of nitrogens with one attached hydrogen (secondary N) is 2. The summed E-state index contributed by atoms with van der Waals surface area (Å²) in [6.07, 6.45) is 6.79. The van der Waals surface area contributed by atoms with Crippen molar-refractivity contribution in [1.82, 2.24) is 10.2 Å². The van der Waals surface area contributed by atoms with Crippen LogP contribution in [0.15, 0.2) is 54.6 Å². The molecule has 2 aromatic carbocycles. The highest BCUT2D eigenvalue weighted by molar-refractivity contribution is 5.93. The highest BCUT2D eigenvalue weighted by Crippen LogP contribution is 2.25. The summed E-state index contributed by atoms with van der Waals surface area (Å²) >= 11 is 0. The van der Waals surface area contributed by atoms with Gasteiger partial charge in [0.05, 0.1) is 6.04 Å². The van der Waals surface area contributed by atoms with Crippen molar-refractivity contribution in [3.05, 3.63) is 65.7 Å². The molecule has 1 atom stereocenters. The number of carbonyl (C=O) groups excluding carboxylic acids is 2. The summed E-state index contributed by atoms with van der Waals surface area (Å²) in [5.41, 5.74) is 3.01. The van der Waals surface area contributed by atoms with Crippen molar-refractivity contribution in [3.63, 3.8) is 0 Å². The third-order valence-electron chi connectivity index (χ3n) is 6.17. The van der Waals surface area contributed by atoms with Gasteiger partial charge in [0.1, 0.15) is 0 Å². The van der Waals surface area contributed by atoms with Crippen LogP contribution in [-0.2, 0) is 16.1 Å². The number of carbonyl (C=O) groups is 2. The molecule has 31 heavy (non-hydrogen) atoms. The Morgan fingerprint density at radius 1 is 0.935 bits per heavy atom. The van der Waals surface area contributed by atoms with Crippen molar-refractivity contribution in [3.8, 4) is 0 Å². The number of nitrogens with zero attached hydrogens (tertiary/aromatic N) is 1. The monoisotopic (exact) mass is 421 g/mol. The maximum absolute atomic E-state index is 12.5. The molecule has 2 amide bonds. The van der Waals surface area contributed by atoms with E-state index in [-0.39, 0.29) is 30.7 Å². The summed E-state index contributed by atoms with van der Waals surface area (Å²) in [6.45, 7) is 2.77. The minimum absolute atomic E-state index is 0.0761. The maximum Gasteiger partial charge on any atom is 0.224 e. The molecule has 2 N–H and O–H groups in total. The lowest BCUT2D eigenvalue weighted by Crippen LogP contribution is -2.33. The van der Waals surface area contributed by atoms with E-state index in [1.807, 2.05) is 55.5 Å². The molecular formula is C26H35N3O2. The Kier molecular flexibility index (Phi) is 8.65.